The van der Waals surface area contributed by atoms with E-state index in [-0.39, 0.29) is 24.1 Å². The Morgan fingerprint density at radius 1 is 1.11 bits per heavy atom. The highest BCUT2D eigenvalue weighted by Gasteiger charge is 2.25. The first-order valence-corrected chi connectivity index (χ1v) is 12.2. The average molecular weight is 479 g/mol. The minimum absolute atomic E-state index is 0.0747. The molecule has 0 saturated heterocycles. The Morgan fingerprint density at radius 3 is 2.69 bits per heavy atom. The second-order valence-electron chi connectivity index (χ2n) is 9.37. The van der Waals surface area contributed by atoms with E-state index in [0.717, 1.165) is 23.4 Å². The summed E-state index contributed by atoms with van der Waals surface area (Å²) < 4.78 is 16.3. The summed E-state index contributed by atoms with van der Waals surface area (Å²) in [6.45, 7) is 9.96. The van der Waals surface area contributed by atoms with Crippen molar-refractivity contribution in [1.29, 1.82) is 0 Å². The summed E-state index contributed by atoms with van der Waals surface area (Å²) >= 11 is 0. The Hall–Kier alpha value is -4.08. The molecule has 0 radical (unpaired) electrons. The van der Waals surface area contributed by atoms with Crippen LogP contribution >= 0.6 is 0 Å². The second kappa shape index (κ2) is 10.3. The molecule has 180 valence electrons. The molecule has 0 aliphatic heterocycles. The third-order valence-corrected chi connectivity index (χ3v) is 6.49. The standard InChI is InChI=1S/C30H27FN4O/c1-20-15-28(35(34-20)25-10-6-9-24(18-25)32-2)29(36)17-22-7-5-8-23(16-22)30(33-19-21-13-14-21)26-11-3-4-12-27(26)31/h3-12,15-16,18,21,30,33H,13-14,17,19H2,1H3. The van der Waals surface area contributed by atoms with Crippen LogP contribution in [0.3, 0.4) is 0 Å². The van der Waals surface area contributed by atoms with Gasteiger partial charge in [-0.1, -0.05) is 54.6 Å². The molecule has 5 rings (SSSR count). The van der Waals surface area contributed by atoms with E-state index in [1.165, 1.54) is 18.9 Å². The maximum atomic E-state index is 14.7. The van der Waals surface area contributed by atoms with Crippen molar-refractivity contribution in [2.75, 3.05) is 6.54 Å². The zero-order valence-electron chi connectivity index (χ0n) is 20.1. The highest BCUT2D eigenvalue weighted by Crippen LogP contribution is 2.31. The maximum Gasteiger partial charge on any atom is 0.189 e. The quantitative estimate of drug-likeness (QED) is 0.224. The highest BCUT2D eigenvalue weighted by atomic mass is 19.1. The van der Waals surface area contributed by atoms with Gasteiger partial charge in [0.05, 0.1) is 24.0 Å². The van der Waals surface area contributed by atoms with Gasteiger partial charge in [-0.25, -0.2) is 13.9 Å². The number of nitrogens with one attached hydrogen (secondary N) is 1. The van der Waals surface area contributed by atoms with Crippen molar-refractivity contribution in [1.82, 2.24) is 15.1 Å². The number of aromatic nitrogens is 2. The third-order valence-electron chi connectivity index (χ3n) is 6.49. The number of aryl methyl sites for hydroxylation is 1. The van der Waals surface area contributed by atoms with Crippen LogP contribution in [0.2, 0.25) is 0 Å². The van der Waals surface area contributed by atoms with Crippen LogP contribution in [0.4, 0.5) is 10.1 Å². The van der Waals surface area contributed by atoms with E-state index in [1.807, 2.05) is 49.4 Å². The molecule has 0 spiro atoms. The lowest BCUT2D eigenvalue weighted by atomic mass is 9.95. The van der Waals surface area contributed by atoms with Crippen molar-refractivity contribution in [3.63, 3.8) is 0 Å². The van der Waals surface area contributed by atoms with Crippen LogP contribution < -0.4 is 5.32 Å². The van der Waals surface area contributed by atoms with Crippen molar-refractivity contribution < 1.29 is 9.18 Å². The number of hydrogen-bond donors (Lipinski definition) is 1. The van der Waals surface area contributed by atoms with E-state index in [4.69, 9.17) is 6.57 Å². The van der Waals surface area contributed by atoms with Crippen LogP contribution in [0, 0.1) is 25.2 Å². The molecule has 0 amide bonds. The molecule has 1 saturated carbocycles. The van der Waals surface area contributed by atoms with Crippen LogP contribution in [-0.4, -0.2) is 22.1 Å². The van der Waals surface area contributed by atoms with E-state index in [2.05, 4.69) is 15.3 Å². The van der Waals surface area contributed by atoms with Gasteiger partial charge in [0.15, 0.2) is 11.5 Å². The number of halogens is 1. The Bertz CT molecular complexity index is 1450. The van der Waals surface area contributed by atoms with Gasteiger partial charge < -0.3 is 5.32 Å². The third kappa shape index (κ3) is 5.27. The Balaban J connectivity index is 1.42. The van der Waals surface area contributed by atoms with E-state index < -0.39 is 0 Å². The number of ketones is 1. The fourth-order valence-electron chi connectivity index (χ4n) is 4.47. The molecular weight excluding hydrogens is 451 g/mol. The molecule has 0 bridgehead atoms. The number of carbonyl (C=O) groups is 1. The lowest BCUT2D eigenvalue weighted by Gasteiger charge is -2.21. The van der Waals surface area contributed by atoms with E-state index in [0.29, 0.717) is 28.6 Å². The largest absolute Gasteiger partial charge is 0.306 e. The van der Waals surface area contributed by atoms with Gasteiger partial charge >= 0.3 is 0 Å². The first kappa shape index (κ1) is 23.7. The van der Waals surface area contributed by atoms with E-state index >= 15 is 0 Å². The molecule has 1 fully saturated rings. The van der Waals surface area contributed by atoms with Crippen molar-refractivity contribution in [2.24, 2.45) is 5.92 Å². The van der Waals surface area contributed by atoms with Crippen LogP contribution in [0.25, 0.3) is 10.5 Å². The van der Waals surface area contributed by atoms with Crippen molar-refractivity contribution in [2.45, 2.75) is 32.2 Å². The Morgan fingerprint density at radius 2 is 1.92 bits per heavy atom. The molecule has 3 aromatic carbocycles. The van der Waals surface area contributed by atoms with Crippen LogP contribution in [0.1, 0.15) is 51.8 Å². The van der Waals surface area contributed by atoms with Gasteiger partial charge in [0.2, 0.25) is 0 Å². The molecule has 5 nitrogen and oxygen atoms in total. The fourth-order valence-corrected chi connectivity index (χ4v) is 4.47. The molecule has 1 N–H and O–H groups in total. The summed E-state index contributed by atoms with van der Waals surface area (Å²) in [5.74, 6) is 0.330. The minimum atomic E-state index is -0.286. The first-order chi connectivity index (χ1) is 17.5. The van der Waals surface area contributed by atoms with Crippen molar-refractivity contribution in [3.05, 3.63) is 124 Å². The summed E-state index contributed by atoms with van der Waals surface area (Å²) in [7, 11) is 0. The molecule has 1 aliphatic carbocycles. The predicted octanol–water partition coefficient (Wildman–Crippen LogP) is 6.39. The van der Waals surface area contributed by atoms with Gasteiger partial charge in [0, 0.05) is 12.0 Å². The smallest absolute Gasteiger partial charge is 0.189 e. The number of carbonyl (C=O) groups excluding carboxylic acids is 1. The van der Waals surface area contributed by atoms with Gasteiger partial charge in [-0.05, 0) is 67.6 Å². The fraction of sp³-hybridized carbons (Fsp3) is 0.233. The molecule has 1 unspecified atom stereocenters. The lowest BCUT2D eigenvalue weighted by Crippen LogP contribution is -2.25. The molecular formula is C30H27FN4O. The molecule has 1 aliphatic rings. The molecule has 6 heteroatoms. The molecule has 4 aromatic rings. The normalized spacial score (nSPS) is 13.8. The van der Waals surface area contributed by atoms with Crippen LogP contribution in [-0.2, 0) is 6.42 Å². The van der Waals surface area contributed by atoms with Crippen molar-refractivity contribution >= 4 is 11.5 Å². The van der Waals surface area contributed by atoms with E-state index in [1.54, 1.807) is 35.0 Å². The SMILES string of the molecule is [C-]#[N+]c1cccc(-n2nc(C)cc2C(=O)Cc2cccc(C(NCC3CC3)c3ccccc3F)c2)c1. The highest BCUT2D eigenvalue weighted by molar-refractivity contribution is 5.96. The second-order valence-corrected chi connectivity index (χ2v) is 9.37. The number of nitrogens with zero attached hydrogens (tertiary/aromatic N) is 3. The number of hydrogen-bond acceptors (Lipinski definition) is 3. The summed E-state index contributed by atoms with van der Waals surface area (Å²) in [5, 5.41) is 8.05. The van der Waals surface area contributed by atoms with Gasteiger partial charge in [0.25, 0.3) is 0 Å². The Labute approximate surface area is 210 Å². The van der Waals surface area contributed by atoms with Gasteiger partial charge in [0.1, 0.15) is 11.5 Å². The average Bonchev–Trinajstić information content (AvgIpc) is 3.64. The van der Waals surface area contributed by atoms with Crippen molar-refractivity contribution in [3.8, 4) is 5.69 Å². The van der Waals surface area contributed by atoms with Crippen LogP contribution in [0.5, 0.6) is 0 Å². The Kier molecular flexibility index (Phi) is 6.75. The number of benzene rings is 3. The van der Waals surface area contributed by atoms with Gasteiger partial charge in [-0.2, -0.15) is 5.10 Å². The topological polar surface area (TPSA) is 51.3 Å². The summed E-state index contributed by atoms with van der Waals surface area (Å²) in [6.07, 6.45) is 2.60. The van der Waals surface area contributed by atoms with Gasteiger partial charge in [-0.3, -0.25) is 4.79 Å². The maximum absolute atomic E-state index is 14.7. The number of rotatable bonds is 9. The minimum Gasteiger partial charge on any atom is -0.306 e. The first-order valence-electron chi connectivity index (χ1n) is 12.2. The number of Topliss-reactive ketones (excluding diaryl/α,β-unsaturated/α-hetero) is 1. The summed E-state index contributed by atoms with van der Waals surface area (Å²) in [5.41, 5.74) is 4.76. The zero-order chi connectivity index (χ0) is 25.1. The molecule has 1 heterocycles. The monoisotopic (exact) mass is 478 g/mol. The van der Waals surface area contributed by atoms with Gasteiger partial charge in [-0.15, -0.1) is 0 Å². The summed E-state index contributed by atoms with van der Waals surface area (Å²) in [6, 6.07) is 23.2. The molecule has 1 atom stereocenters. The van der Waals surface area contributed by atoms with E-state index in [9.17, 15) is 9.18 Å². The predicted molar refractivity (Wildman–Crippen MR) is 138 cm³/mol. The molecule has 36 heavy (non-hydrogen) atoms. The lowest BCUT2D eigenvalue weighted by molar-refractivity contribution is 0.0985. The zero-order valence-corrected chi connectivity index (χ0v) is 20.1. The molecule has 1 aromatic heterocycles. The van der Waals surface area contributed by atoms with Crippen LogP contribution in [0.15, 0.2) is 78.9 Å². The summed E-state index contributed by atoms with van der Waals surface area (Å²) in [4.78, 5) is 16.9.